The van der Waals surface area contributed by atoms with Gasteiger partial charge in [-0.05, 0) is 50.3 Å². The number of carbonyl (C=O) groups excluding carboxylic acids is 1. The third kappa shape index (κ3) is 2.91. The van der Waals surface area contributed by atoms with Gasteiger partial charge in [0.05, 0.1) is 5.56 Å². The maximum absolute atomic E-state index is 12.7. The van der Waals surface area contributed by atoms with Crippen LogP contribution in [-0.4, -0.2) is 30.4 Å². The van der Waals surface area contributed by atoms with Crippen LogP contribution in [0.2, 0.25) is 0 Å². The molecule has 1 aromatic rings. The number of likely N-dealkylation sites (tertiary alicyclic amines) is 1. The van der Waals surface area contributed by atoms with E-state index in [0.29, 0.717) is 12.0 Å². The molecule has 1 N–H and O–H groups in total. The first-order valence-electron chi connectivity index (χ1n) is 7.12. The topological polar surface area (TPSA) is 32.3 Å². The van der Waals surface area contributed by atoms with E-state index in [4.69, 9.17) is 0 Å². The summed E-state index contributed by atoms with van der Waals surface area (Å²) < 4.78 is 0. The molecule has 2 atom stereocenters. The lowest BCUT2D eigenvalue weighted by atomic mass is 9.94. The molecule has 0 saturated carbocycles. The Morgan fingerprint density at radius 2 is 2.05 bits per heavy atom. The summed E-state index contributed by atoms with van der Waals surface area (Å²) in [6.07, 6.45) is 2.32. The molecule has 19 heavy (non-hydrogen) atoms. The fraction of sp³-hybridized carbons (Fsp3) is 0.562. The normalized spacial score (nSPS) is 23.3. The minimum absolute atomic E-state index is 0.156. The zero-order valence-corrected chi connectivity index (χ0v) is 12.4. The predicted molar refractivity (Wildman–Crippen MR) is 79.6 cm³/mol. The molecular formula is C16H24N2O. The zero-order valence-electron chi connectivity index (χ0n) is 12.4. The van der Waals surface area contributed by atoms with Crippen LogP contribution in [0.4, 0.5) is 5.69 Å². The fourth-order valence-corrected chi connectivity index (χ4v) is 2.78. The van der Waals surface area contributed by atoms with E-state index in [9.17, 15) is 4.79 Å². The van der Waals surface area contributed by atoms with Crippen molar-refractivity contribution in [1.82, 2.24) is 4.90 Å². The van der Waals surface area contributed by atoms with E-state index in [1.54, 1.807) is 0 Å². The summed E-state index contributed by atoms with van der Waals surface area (Å²) in [4.78, 5) is 14.8. The number of piperidine rings is 1. The summed E-state index contributed by atoms with van der Waals surface area (Å²) >= 11 is 0. The molecule has 1 saturated heterocycles. The zero-order chi connectivity index (χ0) is 14.0. The number of amides is 1. The highest BCUT2D eigenvalue weighted by molar-refractivity contribution is 6.00. The van der Waals surface area contributed by atoms with Gasteiger partial charge in [0, 0.05) is 25.3 Å². The van der Waals surface area contributed by atoms with Gasteiger partial charge in [-0.3, -0.25) is 4.79 Å². The van der Waals surface area contributed by atoms with Crippen LogP contribution in [0.3, 0.4) is 0 Å². The van der Waals surface area contributed by atoms with Gasteiger partial charge in [-0.15, -0.1) is 0 Å². The molecule has 1 aliphatic heterocycles. The second-order valence-corrected chi connectivity index (χ2v) is 5.79. The van der Waals surface area contributed by atoms with Gasteiger partial charge >= 0.3 is 0 Å². The monoisotopic (exact) mass is 260 g/mol. The second kappa shape index (κ2) is 5.64. The van der Waals surface area contributed by atoms with Crippen molar-refractivity contribution in [2.75, 3.05) is 18.9 Å². The van der Waals surface area contributed by atoms with E-state index in [0.717, 1.165) is 24.2 Å². The molecule has 0 aromatic heterocycles. The number of anilines is 1. The number of carbonyl (C=O) groups is 1. The first kappa shape index (κ1) is 13.9. The molecule has 0 spiro atoms. The van der Waals surface area contributed by atoms with Gasteiger partial charge in [0.2, 0.25) is 0 Å². The van der Waals surface area contributed by atoms with Crippen molar-refractivity contribution in [3.8, 4) is 0 Å². The minimum atomic E-state index is 0.156. The van der Waals surface area contributed by atoms with E-state index in [-0.39, 0.29) is 5.91 Å². The Labute approximate surface area is 116 Å². The van der Waals surface area contributed by atoms with Crippen LogP contribution in [0.5, 0.6) is 0 Å². The van der Waals surface area contributed by atoms with E-state index in [2.05, 4.69) is 19.2 Å². The maximum atomic E-state index is 12.7. The quantitative estimate of drug-likeness (QED) is 0.885. The lowest BCUT2D eigenvalue weighted by Crippen LogP contribution is -2.45. The Morgan fingerprint density at radius 1 is 1.32 bits per heavy atom. The van der Waals surface area contributed by atoms with Crippen molar-refractivity contribution in [3.63, 3.8) is 0 Å². The van der Waals surface area contributed by atoms with Crippen LogP contribution >= 0.6 is 0 Å². The molecule has 0 aliphatic carbocycles. The van der Waals surface area contributed by atoms with Gasteiger partial charge in [0.15, 0.2) is 0 Å². The summed E-state index contributed by atoms with van der Waals surface area (Å²) in [6, 6.07) is 6.32. The van der Waals surface area contributed by atoms with Crippen molar-refractivity contribution in [2.24, 2.45) is 5.92 Å². The van der Waals surface area contributed by atoms with Crippen LogP contribution in [0.25, 0.3) is 0 Å². The molecule has 1 aliphatic rings. The van der Waals surface area contributed by atoms with Gasteiger partial charge in [0.1, 0.15) is 0 Å². The van der Waals surface area contributed by atoms with Gasteiger partial charge in [0.25, 0.3) is 5.91 Å². The fourth-order valence-electron chi connectivity index (χ4n) is 2.78. The Kier molecular flexibility index (Phi) is 4.13. The Bertz CT molecular complexity index is 470. The molecule has 1 fully saturated rings. The van der Waals surface area contributed by atoms with Crippen LogP contribution in [0, 0.1) is 12.8 Å². The molecule has 3 heteroatoms. The van der Waals surface area contributed by atoms with Crippen molar-refractivity contribution in [3.05, 3.63) is 29.3 Å². The van der Waals surface area contributed by atoms with Crippen molar-refractivity contribution in [1.29, 1.82) is 0 Å². The van der Waals surface area contributed by atoms with Crippen molar-refractivity contribution >= 4 is 11.6 Å². The number of hydrogen-bond acceptors (Lipinski definition) is 2. The van der Waals surface area contributed by atoms with Gasteiger partial charge in [-0.2, -0.15) is 0 Å². The van der Waals surface area contributed by atoms with E-state index in [1.165, 1.54) is 12.0 Å². The number of nitrogens with one attached hydrogen (secondary N) is 1. The molecule has 0 radical (unpaired) electrons. The predicted octanol–water partition coefficient (Wildman–Crippen LogP) is 3.30. The van der Waals surface area contributed by atoms with Crippen LogP contribution in [-0.2, 0) is 0 Å². The van der Waals surface area contributed by atoms with Crippen LogP contribution in [0.1, 0.15) is 42.6 Å². The number of aryl methyl sites for hydroxylation is 1. The maximum Gasteiger partial charge on any atom is 0.256 e. The Hall–Kier alpha value is -1.51. The lowest BCUT2D eigenvalue weighted by Gasteiger charge is -2.37. The molecule has 1 amide bonds. The molecule has 104 valence electrons. The average molecular weight is 260 g/mol. The van der Waals surface area contributed by atoms with Crippen LogP contribution in [0.15, 0.2) is 18.2 Å². The highest BCUT2D eigenvalue weighted by Gasteiger charge is 2.28. The van der Waals surface area contributed by atoms with Crippen molar-refractivity contribution in [2.45, 2.75) is 39.7 Å². The number of nitrogens with zero attached hydrogens (tertiary/aromatic N) is 1. The summed E-state index contributed by atoms with van der Waals surface area (Å²) in [5, 5.41) is 3.13. The first-order valence-corrected chi connectivity index (χ1v) is 7.12. The highest BCUT2D eigenvalue weighted by Crippen LogP contribution is 2.26. The molecular weight excluding hydrogens is 236 g/mol. The minimum Gasteiger partial charge on any atom is -0.387 e. The smallest absolute Gasteiger partial charge is 0.256 e. The largest absolute Gasteiger partial charge is 0.387 e. The standard InChI is InChI=1S/C16H24N2O/c1-11-6-8-14(15(9-11)17-4)16(19)18-10-12(2)5-7-13(18)3/h6,8-9,12-13,17H,5,7,10H2,1-4H3. The molecule has 2 unspecified atom stereocenters. The third-order valence-corrected chi connectivity index (χ3v) is 4.05. The van der Waals surface area contributed by atoms with E-state index in [1.807, 2.05) is 37.1 Å². The summed E-state index contributed by atoms with van der Waals surface area (Å²) in [6.45, 7) is 7.29. The van der Waals surface area contributed by atoms with E-state index < -0.39 is 0 Å². The van der Waals surface area contributed by atoms with Crippen molar-refractivity contribution < 1.29 is 4.79 Å². The number of benzene rings is 1. The first-order chi connectivity index (χ1) is 9.02. The molecule has 1 aromatic carbocycles. The van der Waals surface area contributed by atoms with E-state index >= 15 is 0 Å². The van der Waals surface area contributed by atoms with Gasteiger partial charge < -0.3 is 10.2 Å². The average Bonchev–Trinajstić information content (AvgIpc) is 2.40. The Balaban J connectivity index is 2.28. The molecule has 0 bridgehead atoms. The molecule has 2 rings (SSSR count). The summed E-state index contributed by atoms with van der Waals surface area (Å²) in [5.74, 6) is 0.757. The number of rotatable bonds is 2. The summed E-state index contributed by atoms with van der Waals surface area (Å²) in [7, 11) is 1.87. The SMILES string of the molecule is CNc1cc(C)ccc1C(=O)N1CC(C)CCC1C. The lowest BCUT2D eigenvalue weighted by molar-refractivity contribution is 0.0575. The second-order valence-electron chi connectivity index (χ2n) is 5.79. The van der Waals surface area contributed by atoms with Crippen LogP contribution < -0.4 is 5.32 Å². The van der Waals surface area contributed by atoms with Gasteiger partial charge in [-0.25, -0.2) is 0 Å². The highest BCUT2D eigenvalue weighted by atomic mass is 16.2. The third-order valence-electron chi connectivity index (χ3n) is 4.05. The summed E-state index contributed by atoms with van der Waals surface area (Å²) in [5.41, 5.74) is 2.88. The Morgan fingerprint density at radius 3 is 2.74 bits per heavy atom. The number of hydrogen-bond donors (Lipinski definition) is 1. The van der Waals surface area contributed by atoms with Gasteiger partial charge in [-0.1, -0.05) is 13.0 Å². The molecule has 1 heterocycles. The molecule has 3 nitrogen and oxygen atoms in total.